The Hall–Kier alpha value is -0.100. The molecular formula is C13H17BrFNOS. The molecule has 0 N–H and O–H groups in total. The van der Waals surface area contributed by atoms with Crippen LogP contribution in [0.1, 0.15) is 44.9 Å². The van der Waals surface area contributed by atoms with Gasteiger partial charge in [-0.2, -0.15) is 0 Å². The molecule has 0 aromatic heterocycles. The summed E-state index contributed by atoms with van der Waals surface area (Å²) < 4.78 is 28.5. The number of rotatable bonds is 1. The van der Waals surface area contributed by atoms with E-state index in [4.69, 9.17) is 0 Å². The first-order valence-corrected chi connectivity index (χ1v) is 7.79. The predicted molar refractivity (Wildman–Crippen MR) is 76.0 cm³/mol. The molecule has 0 fully saturated rings. The molecule has 1 unspecified atom stereocenters. The highest BCUT2D eigenvalue weighted by molar-refractivity contribution is 9.10. The van der Waals surface area contributed by atoms with E-state index in [1.54, 1.807) is 6.07 Å². The van der Waals surface area contributed by atoms with E-state index in [1.165, 1.54) is 0 Å². The van der Waals surface area contributed by atoms with E-state index in [0.29, 0.717) is 16.6 Å². The van der Waals surface area contributed by atoms with E-state index in [2.05, 4.69) is 15.9 Å². The van der Waals surface area contributed by atoms with Crippen molar-refractivity contribution in [2.24, 2.45) is 0 Å². The highest BCUT2D eigenvalue weighted by atomic mass is 79.9. The maximum atomic E-state index is 14.0. The Morgan fingerprint density at radius 1 is 1.44 bits per heavy atom. The quantitative estimate of drug-likeness (QED) is 0.728. The van der Waals surface area contributed by atoms with Crippen LogP contribution in [0.5, 0.6) is 0 Å². The van der Waals surface area contributed by atoms with Gasteiger partial charge in [-0.05, 0) is 55.3 Å². The van der Waals surface area contributed by atoms with Gasteiger partial charge >= 0.3 is 0 Å². The van der Waals surface area contributed by atoms with Crippen LogP contribution in [0, 0.1) is 5.82 Å². The maximum Gasteiger partial charge on any atom is 0.142 e. The predicted octanol–water partition coefficient (Wildman–Crippen LogP) is 3.93. The number of hydrogen-bond donors (Lipinski definition) is 0. The number of nitrogens with zero attached hydrogens (tertiary/aromatic N) is 1. The highest BCUT2D eigenvalue weighted by Gasteiger charge is 2.42. The zero-order chi connectivity index (χ0) is 13.7. The lowest BCUT2D eigenvalue weighted by molar-refractivity contribution is 0.354. The number of benzene rings is 1. The van der Waals surface area contributed by atoms with Crippen LogP contribution in [0.25, 0.3) is 0 Å². The maximum absolute atomic E-state index is 14.0. The largest absolute Gasteiger partial charge is 0.597 e. The molecule has 0 aliphatic carbocycles. The molecule has 18 heavy (non-hydrogen) atoms. The molecule has 0 bridgehead atoms. The minimum absolute atomic E-state index is 0.0114. The molecule has 1 aromatic rings. The third kappa shape index (κ3) is 2.33. The molecule has 2 nitrogen and oxygen atoms in total. The third-order valence-corrected chi connectivity index (χ3v) is 5.70. The summed E-state index contributed by atoms with van der Waals surface area (Å²) in [5.74, 6) is -0.229. The van der Waals surface area contributed by atoms with Crippen LogP contribution < -0.4 is 0 Å². The van der Waals surface area contributed by atoms with Gasteiger partial charge in [0.1, 0.15) is 10.6 Å². The lowest BCUT2D eigenvalue weighted by Gasteiger charge is -2.32. The highest BCUT2D eigenvalue weighted by Crippen LogP contribution is 2.41. The minimum atomic E-state index is -1.13. The van der Waals surface area contributed by atoms with Gasteiger partial charge in [-0.15, -0.1) is 4.31 Å². The van der Waals surface area contributed by atoms with Crippen molar-refractivity contribution in [3.63, 3.8) is 0 Å². The van der Waals surface area contributed by atoms with Crippen molar-refractivity contribution in [1.82, 2.24) is 4.31 Å². The Morgan fingerprint density at radius 3 is 2.61 bits per heavy atom. The van der Waals surface area contributed by atoms with Crippen molar-refractivity contribution in [3.05, 3.63) is 33.5 Å². The lowest BCUT2D eigenvalue weighted by atomic mass is 10.1. The molecule has 1 heterocycles. The van der Waals surface area contributed by atoms with Gasteiger partial charge in [-0.1, -0.05) is 6.07 Å². The first-order valence-electron chi connectivity index (χ1n) is 5.89. The topological polar surface area (TPSA) is 26.3 Å². The SMILES string of the molecule is C[C@@H]1c2ccc(Br)c(F)c2CN1[S+]([O-])C(C)(C)C. The van der Waals surface area contributed by atoms with E-state index in [9.17, 15) is 8.94 Å². The van der Waals surface area contributed by atoms with Gasteiger partial charge in [0.2, 0.25) is 0 Å². The molecule has 2 atom stereocenters. The molecule has 0 amide bonds. The average Bonchev–Trinajstić information content (AvgIpc) is 2.60. The molecule has 0 radical (unpaired) electrons. The van der Waals surface area contributed by atoms with E-state index in [-0.39, 0.29) is 16.6 Å². The standard InChI is InChI=1S/C13H17BrFNOS/c1-8-9-5-6-11(14)12(15)10(9)7-16(8)18(17)13(2,3)4/h5-6,8H,7H2,1-4H3/t8-,18?/m1/s1. The monoisotopic (exact) mass is 333 g/mol. The van der Waals surface area contributed by atoms with Gasteiger partial charge in [-0.3, -0.25) is 0 Å². The smallest absolute Gasteiger partial charge is 0.142 e. The molecule has 0 spiro atoms. The van der Waals surface area contributed by atoms with Crippen LogP contribution >= 0.6 is 15.9 Å². The summed E-state index contributed by atoms with van der Waals surface area (Å²) in [6.45, 7) is 8.19. The Balaban J connectivity index is 2.36. The molecular weight excluding hydrogens is 317 g/mol. The van der Waals surface area contributed by atoms with E-state index >= 15 is 0 Å². The second-order valence-corrected chi connectivity index (χ2v) is 8.59. The normalized spacial score (nSPS) is 22.1. The van der Waals surface area contributed by atoms with Crippen molar-refractivity contribution in [3.8, 4) is 0 Å². The van der Waals surface area contributed by atoms with Gasteiger partial charge in [0.25, 0.3) is 0 Å². The summed E-state index contributed by atoms with van der Waals surface area (Å²) >= 11 is 2.06. The first-order chi connectivity index (χ1) is 8.23. The fourth-order valence-corrected chi connectivity index (χ4v) is 3.88. The number of halogens is 2. The number of fused-ring (bicyclic) bond motifs is 1. The van der Waals surface area contributed by atoms with E-state index in [1.807, 2.05) is 38.1 Å². The van der Waals surface area contributed by atoms with Gasteiger partial charge in [-0.25, -0.2) is 4.39 Å². The summed E-state index contributed by atoms with van der Waals surface area (Å²) in [4.78, 5) is 0. The fourth-order valence-electron chi connectivity index (χ4n) is 2.16. The Morgan fingerprint density at radius 2 is 2.06 bits per heavy atom. The molecule has 0 saturated carbocycles. The van der Waals surface area contributed by atoms with Crippen molar-refractivity contribution in [1.29, 1.82) is 0 Å². The van der Waals surface area contributed by atoms with Crippen LogP contribution in [0.4, 0.5) is 4.39 Å². The molecule has 5 heteroatoms. The molecule has 1 aliphatic rings. The minimum Gasteiger partial charge on any atom is -0.597 e. The zero-order valence-electron chi connectivity index (χ0n) is 11.0. The second kappa shape index (κ2) is 4.78. The van der Waals surface area contributed by atoms with Crippen molar-refractivity contribution < 1.29 is 8.94 Å². The van der Waals surface area contributed by atoms with Gasteiger partial charge < -0.3 is 4.55 Å². The Labute approximate surface area is 119 Å². The zero-order valence-corrected chi connectivity index (χ0v) is 13.4. The molecule has 0 saturated heterocycles. The van der Waals surface area contributed by atoms with E-state index < -0.39 is 11.4 Å². The lowest BCUT2D eigenvalue weighted by Crippen LogP contribution is -2.41. The molecule has 2 rings (SSSR count). The fraction of sp³-hybridized carbons (Fsp3) is 0.538. The first kappa shape index (κ1) is 14.3. The summed E-state index contributed by atoms with van der Waals surface area (Å²) in [6, 6.07) is 3.61. The van der Waals surface area contributed by atoms with Gasteiger partial charge in [0.05, 0.1) is 17.1 Å². The average molecular weight is 334 g/mol. The van der Waals surface area contributed by atoms with Crippen LogP contribution in [-0.2, 0) is 17.9 Å². The van der Waals surface area contributed by atoms with Gasteiger partial charge in [0, 0.05) is 16.9 Å². The number of hydrogen-bond acceptors (Lipinski definition) is 2. The summed E-state index contributed by atoms with van der Waals surface area (Å²) in [6.07, 6.45) is 0. The van der Waals surface area contributed by atoms with Gasteiger partial charge in [0.15, 0.2) is 0 Å². The third-order valence-electron chi connectivity index (χ3n) is 3.17. The van der Waals surface area contributed by atoms with Crippen LogP contribution in [0.3, 0.4) is 0 Å². The van der Waals surface area contributed by atoms with Crippen molar-refractivity contribution in [2.75, 3.05) is 0 Å². The Bertz CT molecular complexity index is 475. The van der Waals surface area contributed by atoms with E-state index in [0.717, 1.165) is 5.56 Å². The molecule has 100 valence electrons. The summed E-state index contributed by atoms with van der Waals surface area (Å²) in [5, 5.41) is 0. The van der Waals surface area contributed by atoms with Crippen molar-refractivity contribution in [2.45, 2.75) is 45.0 Å². The molecule has 1 aromatic carbocycles. The molecule has 1 aliphatic heterocycles. The van der Waals surface area contributed by atoms with Crippen molar-refractivity contribution >= 4 is 27.3 Å². The second-order valence-electron chi connectivity index (χ2n) is 5.54. The summed E-state index contributed by atoms with van der Waals surface area (Å²) in [7, 11) is 0. The Kier molecular flexibility index (Phi) is 3.80. The van der Waals surface area contributed by atoms with Crippen LogP contribution in [0.2, 0.25) is 0 Å². The summed E-state index contributed by atoms with van der Waals surface area (Å²) in [5.41, 5.74) is 1.60. The van der Waals surface area contributed by atoms with Crippen LogP contribution in [0.15, 0.2) is 16.6 Å². The van der Waals surface area contributed by atoms with Crippen LogP contribution in [-0.4, -0.2) is 13.6 Å².